The van der Waals surface area contributed by atoms with Crippen LogP contribution in [0.3, 0.4) is 0 Å². The normalized spacial score (nSPS) is 11.2. The van der Waals surface area contributed by atoms with Crippen LogP contribution in [0.2, 0.25) is 0 Å². The molecule has 3 aromatic heterocycles. The Morgan fingerprint density at radius 2 is 1.75 bits per heavy atom. The molecule has 0 atom stereocenters. The zero-order valence-corrected chi connectivity index (χ0v) is 17.7. The lowest BCUT2D eigenvalue weighted by molar-refractivity contribution is 0.185. The molecule has 0 aliphatic rings. The van der Waals surface area contributed by atoms with Crippen molar-refractivity contribution in [3.8, 4) is 22.8 Å². The maximum Gasteiger partial charge on any atom is 0.192 e. The van der Waals surface area contributed by atoms with Crippen LogP contribution in [-0.4, -0.2) is 39.0 Å². The Morgan fingerprint density at radius 3 is 2.56 bits per heavy atom. The third-order valence-electron chi connectivity index (χ3n) is 5.15. The van der Waals surface area contributed by atoms with Crippen LogP contribution in [0, 0.1) is 0 Å². The fourth-order valence-electron chi connectivity index (χ4n) is 3.53. The Labute approximate surface area is 184 Å². The number of ether oxygens (including phenoxy) is 3. The summed E-state index contributed by atoms with van der Waals surface area (Å²) in [5.74, 6) is 2.13. The van der Waals surface area contributed by atoms with Gasteiger partial charge < -0.3 is 14.2 Å². The first-order valence-electron chi connectivity index (χ1n) is 10.1. The maximum absolute atomic E-state index is 6.10. The van der Waals surface area contributed by atoms with Gasteiger partial charge in [-0.15, -0.1) is 10.2 Å². The van der Waals surface area contributed by atoms with Gasteiger partial charge in [-0.2, -0.15) is 9.61 Å². The van der Waals surface area contributed by atoms with Gasteiger partial charge in [-0.3, -0.25) is 4.98 Å². The van der Waals surface area contributed by atoms with E-state index in [4.69, 9.17) is 19.3 Å². The van der Waals surface area contributed by atoms with Crippen LogP contribution in [0.5, 0.6) is 11.5 Å². The Morgan fingerprint density at radius 1 is 0.875 bits per heavy atom. The minimum Gasteiger partial charge on any atom is -0.497 e. The van der Waals surface area contributed by atoms with E-state index in [-0.39, 0.29) is 6.61 Å². The third kappa shape index (κ3) is 3.83. The molecule has 0 spiro atoms. The van der Waals surface area contributed by atoms with Gasteiger partial charge in [0.15, 0.2) is 11.5 Å². The largest absolute Gasteiger partial charge is 0.497 e. The van der Waals surface area contributed by atoms with Gasteiger partial charge in [-0.1, -0.05) is 6.07 Å². The van der Waals surface area contributed by atoms with Crippen LogP contribution in [-0.2, 0) is 18.0 Å². The molecule has 5 rings (SSSR count). The highest BCUT2D eigenvalue weighted by Gasteiger charge is 2.11. The van der Waals surface area contributed by atoms with E-state index in [1.807, 2.05) is 60.7 Å². The predicted octanol–water partition coefficient (Wildman–Crippen LogP) is 4.07. The second kappa shape index (κ2) is 8.60. The Balaban J connectivity index is 1.42. The number of methoxy groups -OCH3 is 2. The molecule has 0 saturated heterocycles. The van der Waals surface area contributed by atoms with Crippen LogP contribution in [0.25, 0.3) is 27.8 Å². The average Bonchev–Trinajstić information content (AvgIpc) is 3.25. The summed E-state index contributed by atoms with van der Waals surface area (Å²) < 4.78 is 18.2. The van der Waals surface area contributed by atoms with Gasteiger partial charge in [0.25, 0.3) is 0 Å². The molecule has 8 nitrogen and oxygen atoms in total. The fraction of sp³-hybridized carbons (Fsp3) is 0.167. The van der Waals surface area contributed by atoms with Crippen molar-refractivity contribution in [2.75, 3.05) is 14.2 Å². The summed E-state index contributed by atoms with van der Waals surface area (Å²) in [7, 11) is 3.32. The first-order chi connectivity index (χ1) is 15.7. The van der Waals surface area contributed by atoms with Crippen LogP contribution in [0.1, 0.15) is 11.4 Å². The minimum absolute atomic E-state index is 0.221. The van der Waals surface area contributed by atoms with E-state index in [0.29, 0.717) is 18.1 Å². The molecule has 0 fully saturated rings. The molecule has 0 radical (unpaired) electrons. The zero-order chi connectivity index (χ0) is 21.9. The van der Waals surface area contributed by atoms with E-state index in [2.05, 4.69) is 15.2 Å². The van der Waals surface area contributed by atoms with Crippen molar-refractivity contribution in [1.82, 2.24) is 24.8 Å². The molecule has 0 N–H and O–H groups in total. The van der Waals surface area contributed by atoms with Crippen molar-refractivity contribution >= 4 is 16.6 Å². The average molecular weight is 427 g/mol. The molecule has 32 heavy (non-hydrogen) atoms. The van der Waals surface area contributed by atoms with Crippen LogP contribution in [0.15, 0.2) is 66.9 Å². The van der Waals surface area contributed by atoms with Gasteiger partial charge in [0.1, 0.15) is 18.1 Å². The molecule has 0 bridgehead atoms. The predicted molar refractivity (Wildman–Crippen MR) is 120 cm³/mol. The van der Waals surface area contributed by atoms with Crippen LogP contribution >= 0.6 is 0 Å². The Kier molecular flexibility index (Phi) is 5.35. The molecule has 0 saturated carbocycles. The van der Waals surface area contributed by atoms with Gasteiger partial charge in [0, 0.05) is 24.3 Å². The Bertz CT molecular complexity index is 1380. The summed E-state index contributed by atoms with van der Waals surface area (Å²) in [5.41, 5.74) is 4.34. The van der Waals surface area contributed by atoms with Crippen LogP contribution in [0.4, 0.5) is 0 Å². The second-order valence-electron chi connectivity index (χ2n) is 7.22. The molecule has 2 aromatic carbocycles. The third-order valence-corrected chi connectivity index (χ3v) is 5.15. The number of pyridine rings is 1. The smallest absolute Gasteiger partial charge is 0.192 e. The SMILES string of the molecule is COCc1ccc2c(OCc3nnc4ccc(-c5ccc(OC)cc5)nn34)ccnc2c1. The molecule has 0 aliphatic carbocycles. The highest BCUT2D eigenvalue weighted by molar-refractivity contribution is 5.85. The molecule has 0 aliphatic heterocycles. The fourth-order valence-corrected chi connectivity index (χ4v) is 3.53. The Hall–Kier alpha value is -4.04. The number of aromatic nitrogens is 5. The summed E-state index contributed by atoms with van der Waals surface area (Å²) in [5, 5.41) is 14.1. The van der Waals surface area contributed by atoms with Gasteiger partial charge in [0.05, 0.1) is 24.9 Å². The van der Waals surface area contributed by atoms with E-state index in [0.717, 1.165) is 39.2 Å². The van der Waals surface area contributed by atoms with Gasteiger partial charge in [-0.25, -0.2) is 0 Å². The molecule has 5 aromatic rings. The van der Waals surface area contributed by atoms with Gasteiger partial charge >= 0.3 is 0 Å². The van der Waals surface area contributed by atoms with E-state index < -0.39 is 0 Å². The van der Waals surface area contributed by atoms with Crippen molar-refractivity contribution in [1.29, 1.82) is 0 Å². The molecule has 0 amide bonds. The minimum atomic E-state index is 0.221. The van der Waals surface area contributed by atoms with Crippen molar-refractivity contribution in [2.24, 2.45) is 0 Å². The topological polar surface area (TPSA) is 83.7 Å². The molecular weight excluding hydrogens is 406 g/mol. The van der Waals surface area contributed by atoms with Gasteiger partial charge in [-0.05, 0) is 60.2 Å². The van der Waals surface area contributed by atoms with E-state index in [1.54, 1.807) is 24.9 Å². The molecular formula is C24H21N5O3. The number of benzene rings is 2. The lowest BCUT2D eigenvalue weighted by Crippen LogP contribution is -2.05. The zero-order valence-electron chi connectivity index (χ0n) is 17.7. The van der Waals surface area contributed by atoms with E-state index in [9.17, 15) is 0 Å². The number of rotatable bonds is 7. The highest BCUT2D eigenvalue weighted by Crippen LogP contribution is 2.26. The van der Waals surface area contributed by atoms with Crippen molar-refractivity contribution in [3.63, 3.8) is 0 Å². The van der Waals surface area contributed by atoms with E-state index in [1.165, 1.54) is 0 Å². The number of hydrogen-bond acceptors (Lipinski definition) is 7. The maximum atomic E-state index is 6.10. The molecule has 8 heteroatoms. The first kappa shape index (κ1) is 19.9. The van der Waals surface area contributed by atoms with Crippen molar-refractivity contribution < 1.29 is 14.2 Å². The lowest BCUT2D eigenvalue weighted by Gasteiger charge is -2.09. The quantitative estimate of drug-likeness (QED) is 0.387. The summed E-state index contributed by atoms with van der Waals surface area (Å²) in [6, 6.07) is 19.4. The molecule has 0 unspecified atom stereocenters. The van der Waals surface area contributed by atoms with Crippen molar-refractivity contribution in [2.45, 2.75) is 13.2 Å². The van der Waals surface area contributed by atoms with Gasteiger partial charge in [0.2, 0.25) is 0 Å². The van der Waals surface area contributed by atoms with Crippen LogP contribution < -0.4 is 9.47 Å². The van der Waals surface area contributed by atoms with E-state index >= 15 is 0 Å². The standard InChI is InChI=1S/C24H21N5O3/c1-30-14-16-3-8-19-21(13-16)25-12-11-22(19)32-15-24-27-26-23-10-9-20(28-29(23)24)17-4-6-18(31-2)7-5-17/h3-13H,14-15H2,1-2H3. The first-order valence-corrected chi connectivity index (χ1v) is 10.1. The monoisotopic (exact) mass is 427 g/mol. The second-order valence-corrected chi connectivity index (χ2v) is 7.22. The summed E-state index contributed by atoms with van der Waals surface area (Å²) in [6.45, 7) is 0.760. The summed E-state index contributed by atoms with van der Waals surface area (Å²) in [6.07, 6.45) is 1.73. The summed E-state index contributed by atoms with van der Waals surface area (Å²) in [4.78, 5) is 4.45. The van der Waals surface area contributed by atoms with Crippen molar-refractivity contribution in [3.05, 3.63) is 78.2 Å². The number of nitrogens with zero attached hydrogens (tertiary/aromatic N) is 5. The lowest BCUT2D eigenvalue weighted by atomic mass is 10.1. The molecule has 160 valence electrons. The summed E-state index contributed by atoms with van der Waals surface area (Å²) >= 11 is 0. The molecule has 3 heterocycles. The number of hydrogen-bond donors (Lipinski definition) is 0. The highest BCUT2D eigenvalue weighted by atomic mass is 16.5. The number of fused-ring (bicyclic) bond motifs is 2.